The summed E-state index contributed by atoms with van der Waals surface area (Å²) in [6.45, 7) is 1.48. The average Bonchev–Trinajstić information content (AvgIpc) is 2.44. The summed E-state index contributed by atoms with van der Waals surface area (Å²) in [7, 11) is 1.48. The first kappa shape index (κ1) is 16.0. The van der Waals surface area contributed by atoms with E-state index in [1.165, 1.54) is 20.1 Å². The molecule has 0 N–H and O–H groups in total. The van der Waals surface area contributed by atoms with Crippen molar-refractivity contribution in [2.24, 2.45) is 5.92 Å². The predicted octanol–water partition coefficient (Wildman–Crippen LogP) is 2.58. The number of hydrogen-bond donors (Lipinski definition) is 0. The molecule has 114 valence electrons. The Labute approximate surface area is 132 Å². The van der Waals surface area contributed by atoms with Crippen LogP contribution in [0.4, 0.5) is 0 Å². The fraction of sp³-hybridized carbons (Fsp3) is 0.188. The van der Waals surface area contributed by atoms with E-state index in [1.54, 1.807) is 18.2 Å². The highest BCUT2D eigenvalue weighted by molar-refractivity contribution is 6.30. The van der Waals surface area contributed by atoms with E-state index in [4.69, 9.17) is 21.1 Å². The molecule has 1 aromatic carbocycles. The van der Waals surface area contributed by atoms with Gasteiger partial charge < -0.3 is 9.47 Å². The Morgan fingerprint density at radius 2 is 2.09 bits per heavy atom. The van der Waals surface area contributed by atoms with Gasteiger partial charge in [-0.05, 0) is 37.3 Å². The number of benzene rings is 1. The second-order valence-corrected chi connectivity index (χ2v) is 5.07. The number of carbonyl (C=O) groups excluding carboxylic acids is 3. The second kappa shape index (κ2) is 6.58. The molecule has 0 radical (unpaired) electrons. The Hall–Kier alpha value is -2.40. The van der Waals surface area contributed by atoms with Crippen LogP contribution in [0.25, 0.3) is 6.08 Å². The molecule has 0 aromatic heterocycles. The largest absolute Gasteiger partial charge is 0.496 e. The average molecular weight is 321 g/mol. The normalized spacial score (nSPS) is 18.1. The van der Waals surface area contributed by atoms with E-state index in [9.17, 15) is 14.4 Å². The monoisotopic (exact) mass is 320 g/mol. The highest BCUT2D eigenvalue weighted by Gasteiger charge is 2.36. The molecular weight excluding hydrogens is 308 g/mol. The summed E-state index contributed by atoms with van der Waals surface area (Å²) in [4.78, 5) is 35.5. The van der Waals surface area contributed by atoms with Gasteiger partial charge in [-0.25, -0.2) is 0 Å². The lowest BCUT2D eigenvalue weighted by Crippen LogP contribution is -2.34. The summed E-state index contributed by atoms with van der Waals surface area (Å²) in [5.41, 5.74) is 0.562. The number of carbonyl (C=O) groups is 3. The van der Waals surface area contributed by atoms with Crippen LogP contribution in [0.2, 0.25) is 5.02 Å². The van der Waals surface area contributed by atoms with Gasteiger partial charge in [-0.2, -0.15) is 0 Å². The number of rotatable bonds is 4. The summed E-state index contributed by atoms with van der Waals surface area (Å²) >= 11 is 5.89. The molecule has 0 saturated heterocycles. The first-order valence-corrected chi connectivity index (χ1v) is 6.79. The highest BCUT2D eigenvalue weighted by atomic mass is 35.5. The highest BCUT2D eigenvalue weighted by Crippen LogP contribution is 2.24. The van der Waals surface area contributed by atoms with E-state index in [2.05, 4.69) is 0 Å². The van der Waals surface area contributed by atoms with E-state index in [-0.39, 0.29) is 5.76 Å². The van der Waals surface area contributed by atoms with Crippen LogP contribution in [-0.4, -0.2) is 24.6 Å². The van der Waals surface area contributed by atoms with Gasteiger partial charge in [0, 0.05) is 16.7 Å². The Morgan fingerprint density at radius 3 is 2.73 bits per heavy atom. The van der Waals surface area contributed by atoms with Crippen molar-refractivity contribution < 1.29 is 23.9 Å². The van der Waals surface area contributed by atoms with Crippen LogP contribution in [0.3, 0.4) is 0 Å². The maximum Gasteiger partial charge on any atom is 0.329 e. The SMILES string of the molecule is COc1ccc(Cl)cc1C=CC(=O)C1C(=O)C=C(C)OC1=O. The fourth-order valence-electron chi connectivity index (χ4n) is 2.01. The van der Waals surface area contributed by atoms with E-state index < -0.39 is 23.5 Å². The fourth-order valence-corrected chi connectivity index (χ4v) is 2.19. The molecule has 1 aliphatic rings. The predicted molar refractivity (Wildman–Crippen MR) is 80.4 cm³/mol. The van der Waals surface area contributed by atoms with Crippen LogP contribution in [0.5, 0.6) is 5.75 Å². The number of allylic oxidation sites excluding steroid dienone is 3. The molecule has 0 saturated carbocycles. The Morgan fingerprint density at radius 1 is 1.36 bits per heavy atom. The van der Waals surface area contributed by atoms with Crippen LogP contribution >= 0.6 is 11.6 Å². The number of halogens is 1. The van der Waals surface area contributed by atoms with Crippen molar-refractivity contribution >= 4 is 35.2 Å². The third-order valence-electron chi connectivity index (χ3n) is 3.03. The molecule has 22 heavy (non-hydrogen) atoms. The summed E-state index contributed by atoms with van der Waals surface area (Å²) in [5.74, 6) is -2.86. The van der Waals surface area contributed by atoms with Crippen molar-refractivity contribution in [1.82, 2.24) is 0 Å². The third kappa shape index (κ3) is 3.43. The van der Waals surface area contributed by atoms with Crippen LogP contribution in [-0.2, 0) is 19.1 Å². The molecule has 0 aliphatic carbocycles. The van der Waals surface area contributed by atoms with Gasteiger partial charge in [0.15, 0.2) is 17.5 Å². The first-order chi connectivity index (χ1) is 10.4. The van der Waals surface area contributed by atoms with Crippen molar-refractivity contribution in [3.63, 3.8) is 0 Å². The van der Waals surface area contributed by atoms with Gasteiger partial charge in [-0.3, -0.25) is 14.4 Å². The summed E-state index contributed by atoms with van der Waals surface area (Å²) < 4.78 is 9.95. The Bertz CT molecular complexity index is 702. The van der Waals surface area contributed by atoms with Crippen LogP contribution in [0, 0.1) is 5.92 Å². The Kier molecular flexibility index (Phi) is 4.78. The number of cyclic esters (lactones) is 1. The lowest BCUT2D eigenvalue weighted by Gasteiger charge is -2.15. The van der Waals surface area contributed by atoms with Crippen LogP contribution in [0.1, 0.15) is 12.5 Å². The lowest BCUT2D eigenvalue weighted by atomic mass is 9.96. The van der Waals surface area contributed by atoms with Gasteiger partial charge in [0.25, 0.3) is 0 Å². The molecule has 6 heteroatoms. The molecule has 1 heterocycles. The zero-order valence-electron chi connectivity index (χ0n) is 12.0. The minimum absolute atomic E-state index is 0.180. The van der Waals surface area contributed by atoms with Crippen molar-refractivity contribution in [2.45, 2.75) is 6.92 Å². The van der Waals surface area contributed by atoms with Gasteiger partial charge in [0.2, 0.25) is 0 Å². The summed E-state index contributed by atoms with van der Waals surface area (Å²) in [6.07, 6.45) is 3.73. The number of methoxy groups -OCH3 is 1. The zero-order chi connectivity index (χ0) is 16.3. The van der Waals surface area contributed by atoms with Crippen molar-refractivity contribution in [3.05, 3.63) is 46.7 Å². The molecule has 0 fully saturated rings. The number of esters is 1. The second-order valence-electron chi connectivity index (χ2n) is 4.63. The molecule has 1 aromatic rings. The molecule has 1 unspecified atom stereocenters. The van der Waals surface area contributed by atoms with E-state index in [0.29, 0.717) is 16.3 Å². The maximum atomic E-state index is 12.1. The quantitative estimate of drug-likeness (QED) is 0.484. The molecule has 1 atom stereocenters. The van der Waals surface area contributed by atoms with Gasteiger partial charge in [0.05, 0.1) is 7.11 Å². The third-order valence-corrected chi connectivity index (χ3v) is 3.27. The molecule has 2 rings (SSSR count). The van der Waals surface area contributed by atoms with Crippen molar-refractivity contribution in [2.75, 3.05) is 7.11 Å². The van der Waals surface area contributed by atoms with Crippen molar-refractivity contribution in [3.8, 4) is 5.75 Å². The molecule has 0 spiro atoms. The zero-order valence-corrected chi connectivity index (χ0v) is 12.7. The summed E-state index contributed by atoms with van der Waals surface area (Å²) in [5, 5.41) is 0.472. The Balaban J connectivity index is 2.24. The van der Waals surface area contributed by atoms with E-state index in [0.717, 1.165) is 12.2 Å². The van der Waals surface area contributed by atoms with Crippen LogP contribution < -0.4 is 4.74 Å². The topological polar surface area (TPSA) is 69.7 Å². The number of ether oxygens (including phenoxy) is 2. The lowest BCUT2D eigenvalue weighted by molar-refractivity contribution is -0.151. The first-order valence-electron chi connectivity index (χ1n) is 6.41. The van der Waals surface area contributed by atoms with E-state index >= 15 is 0 Å². The minimum Gasteiger partial charge on any atom is -0.496 e. The smallest absolute Gasteiger partial charge is 0.329 e. The van der Waals surface area contributed by atoms with Gasteiger partial charge >= 0.3 is 5.97 Å². The van der Waals surface area contributed by atoms with Crippen molar-refractivity contribution in [1.29, 1.82) is 0 Å². The number of hydrogen-bond acceptors (Lipinski definition) is 5. The maximum absolute atomic E-state index is 12.1. The molecule has 0 bridgehead atoms. The molecular formula is C16H13ClO5. The van der Waals surface area contributed by atoms with Gasteiger partial charge in [-0.15, -0.1) is 0 Å². The van der Waals surface area contributed by atoms with Crippen LogP contribution in [0.15, 0.2) is 36.1 Å². The molecule has 0 amide bonds. The minimum atomic E-state index is -1.45. The standard InChI is InChI=1S/C16H13ClO5/c1-9-7-13(19)15(16(20)22-9)12(18)5-3-10-8-11(17)4-6-14(10)21-2/h3-8,15H,1-2H3. The van der Waals surface area contributed by atoms with E-state index in [1.807, 2.05) is 0 Å². The number of ketones is 2. The van der Waals surface area contributed by atoms with Gasteiger partial charge in [0.1, 0.15) is 11.5 Å². The summed E-state index contributed by atoms with van der Waals surface area (Å²) in [6, 6.07) is 4.91. The van der Waals surface area contributed by atoms with Gasteiger partial charge in [-0.1, -0.05) is 11.6 Å². The molecule has 1 aliphatic heterocycles. The molecule has 5 nitrogen and oxygen atoms in total.